The van der Waals surface area contributed by atoms with Crippen molar-refractivity contribution in [1.82, 2.24) is 10.3 Å². The Balaban J connectivity index is 1.88. The highest BCUT2D eigenvalue weighted by atomic mass is 35.5. The maximum atomic E-state index is 5.90. The van der Waals surface area contributed by atoms with Crippen molar-refractivity contribution < 1.29 is 0 Å². The summed E-state index contributed by atoms with van der Waals surface area (Å²) in [6.45, 7) is 2.15. The van der Waals surface area contributed by atoms with Gasteiger partial charge in [-0.05, 0) is 49.4 Å². The fourth-order valence-corrected chi connectivity index (χ4v) is 3.14. The molecule has 0 saturated heterocycles. The lowest BCUT2D eigenvalue weighted by molar-refractivity contribution is 0.609. The number of nitrogens with zero attached hydrogens (tertiary/aromatic N) is 1. The first kappa shape index (κ1) is 16.3. The van der Waals surface area contributed by atoms with Crippen molar-refractivity contribution in [2.75, 3.05) is 12.8 Å². The molecule has 112 valence electrons. The first-order valence-electron chi connectivity index (χ1n) is 7.20. The van der Waals surface area contributed by atoms with Crippen LogP contribution >= 0.6 is 23.4 Å². The molecule has 0 aliphatic rings. The van der Waals surface area contributed by atoms with Crippen LogP contribution in [0.1, 0.15) is 18.2 Å². The monoisotopic (exact) mass is 320 g/mol. The van der Waals surface area contributed by atoms with Gasteiger partial charge >= 0.3 is 0 Å². The molecule has 2 nitrogen and oxygen atoms in total. The first-order valence-corrected chi connectivity index (χ1v) is 8.57. The largest absolute Gasteiger partial charge is 0.316 e. The minimum absolute atomic E-state index is 0.408. The molecule has 0 amide bonds. The Morgan fingerprint density at radius 2 is 1.95 bits per heavy atom. The molecule has 0 bridgehead atoms. The Morgan fingerprint density at radius 1 is 1.19 bits per heavy atom. The van der Waals surface area contributed by atoms with E-state index in [2.05, 4.69) is 41.5 Å². The van der Waals surface area contributed by atoms with Crippen molar-refractivity contribution in [2.24, 2.45) is 0 Å². The lowest BCUT2D eigenvalue weighted by Gasteiger charge is -2.15. The van der Waals surface area contributed by atoms with E-state index in [1.165, 1.54) is 10.5 Å². The summed E-state index contributed by atoms with van der Waals surface area (Å²) in [4.78, 5) is 5.78. The minimum Gasteiger partial charge on any atom is -0.316 e. The number of pyridine rings is 1. The lowest BCUT2D eigenvalue weighted by Crippen LogP contribution is -2.30. The molecule has 2 aromatic rings. The van der Waals surface area contributed by atoms with Crippen LogP contribution in [-0.4, -0.2) is 23.8 Å². The van der Waals surface area contributed by atoms with Gasteiger partial charge in [0, 0.05) is 40.0 Å². The number of hydrogen-bond donors (Lipinski definition) is 1. The van der Waals surface area contributed by atoms with E-state index in [1.807, 2.05) is 37.1 Å². The van der Waals surface area contributed by atoms with E-state index in [1.54, 1.807) is 0 Å². The van der Waals surface area contributed by atoms with Gasteiger partial charge in [0.25, 0.3) is 0 Å². The number of benzene rings is 1. The van der Waals surface area contributed by atoms with Gasteiger partial charge in [0.05, 0.1) is 0 Å². The van der Waals surface area contributed by atoms with Gasteiger partial charge in [-0.25, -0.2) is 0 Å². The molecular weight excluding hydrogens is 300 g/mol. The predicted molar refractivity (Wildman–Crippen MR) is 92.3 cm³/mol. The van der Waals surface area contributed by atoms with Gasteiger partial charge < -0.3 is 5.32 Å². The van der Waals surface area contributed by atoms with E-state index < -0.39 is 0 Å². The number of likely N-dealkylation sites (N-methyl/N-ethyl adjacent to an activating group) is 1. The first-order chi connectivity index (χ1) is 10.2. The molecule has 1 atom stereocenters. The van der Waals surface area contributed by atoms with Crippen LogP contribution < -0.4 is 5.32 Å². The number of aromatic nitrogens is 1. The predicted octanol–water partition coefficient (Wildman–Crippen LogP) is 4.22. The molecule has 4 heteroatoms. The second kappa shape index (κ2) is 8.42. The third-order valence-corrected chi connectivity index (χ3v) is 4.85. The highest BCUT2D eigenvalue weighted by Gasteiger charge is 2.09. The third kappa shape index (κ3) is 5.34. The molecule has 0 saturated carbocycles. The number of rotatable bonds is 7. The van der Waals surface area contributed by atoms with Crippen LogP contribution in [0, 0.1) is 0 Å². The standard InChI is InChI=1S/C17H21ClN2S/c1-3-13-4-7-15(20-11-13)10-16(19-2)12-21-17-8-5-14(18)6-9-17/h4-9,11,16,19H,3,10,12H2,1-2H3. The van der Waals surface area contributed by atoms with Crippen molar-refractivity contribution in [2.45, 2.75) is 30.7 Å². The number of hydrogen-bond acceptors (Lipinski definition) is 3. The summed E-state index contributed by atoms with van der Waals surface area (Å²) in [7, 11) is 2.01. The summed E-state index contributed by atoms with van der Waals surface area (Å²) in [6, 6.07) is 12.7. The number of aryl methyl sites for hydroxylation is 1. The molecule has 21 heavy (non-hydrogen) atoms. The number of thioether (sulfide) groups is 1. The van der Waals surface area contributed by atoms with Gasteiger partial charge in [-0.3, -0.25) is 4.98 Å². The average molecular weight is 321 g/mol. The van der Waals surface area contributed by atoms with E-state index >= 15 is 0 Å². The smallest absolute Gasteiger partial charge is 0.0419 e. The van der Waals surface area contributed by atoms with Gasteiger partial charge in [0.2, 0.25) is 0 Å². The van der Waals surface area contributed by atoms with Crippen molar-refractivity contribution in [3.8, 4) is 0 Å². The van der Waals surface area contributed by atoms with Gasteiger partial charge in [-0.1, -0.05) is 24.6 Å². The molecule has 0 spiro atoms. The quantitative estimate of drug-likeness (QED) is 0.773. The van der Waals surface area contributed by atoms with Crippen molar-refractivity contribution in [1.29, 1.82) is 0 Å². The van der Waals surface area contributed by atoms with Gasteiger partial charge in [-0.15, -0.1) is 11.8 Å². The third-order valence-electron chi connectivity index (χ3n) is 3.42. The molecule has 0 radical (unpaired) electrons. The molecule has 0 aliphatic carbocycles. The van der Waals surface area contributed by atoms with E-state index in [9.17, 15) is 0 Å². The van der Waals surface area contributed by atoms with Crippen molar-refractivity contribution in [3.05, 3.63) is 58.9 Å². The number of halogens is 1. The summed E-state index contributed by atoms with van der Waals surface area (Å²) in [5, 5.41) is 4.16. The fourth-order valence-electron chi connectivity index (χ4n) is 2.01. The van der Waals surface area contributed by atoms with Gasteiger partial charge in [0.15, 0.2) is 0 Å². The average Bonchev–Trinajstić information content (AvgIpc) is 2.53. The lowest BCUT2D eigenvalue weighted by atomic mass is 10.1. The maximum Gasteiger partial charge on any atom is 0.0419 e. The summed E-state index contributed by atoms with van der Waals surface area (Å²) in [5.74, 6) is 1.01. The Morgan fingerprint density at radius 3 is 2.52 bits per heavy atom. The van der Waals surface area contributed by atoms with E-state index in [0.717, 1.165) is 29.3 Å². The van der Waals surface area contributed by atoms with Crippen LogP contribution in [0.15, 0.2) is 47.5 Å². The van der Waals surface area contributed by atoms with Crippen LogP contribution in [0.4, 0.5) is 0 Å². The molecule has 1 aromatic carbocycles. The summed E-state index contributed by atoms with van der Waals surface area (Å²) < 4.78 is 0. The molecule has 1 aromatic heterocycles. The molecule has 1 unspecified atom stereocenters. The molecular formula is C17H21ClN2S. The molecule has 1 heterocycles. The Bertz CT molecular complexity index is 540. The van der Waals surface area contributed by atoms with E-state index in [-0.39, 0.29) is 0 Å². The van der Waals surface area contributed by atoms with Gasteiger partial charge in [0.1, 0.15) is 0 Å². The van der Waals surface area contributed by atoms with Crippen molar-refractivity contribution >= 4 is 23.4 Å². The zero-order chi connectivity index (χ0) is 15.1. The summed E-state index contributed by atoms with van der Waals surface area (Å²) >= 11 is 7.74. The maximum absolute atomic E-state index is 5.90. The highest BCUT2D eigenvalue weighted by molar-refractivity contribution is 7.99. The zero-order valence-electron chi connectivity index (χ0n) is 12.5. The van der Waals surface area contributed by atoms with Crippen LogP contribution in [0.5, 0.6) is 0 Å². The minimum atomic E-state index is 0.408. The second-order valence-electron chi connectivity index (χ2n) is 4.97. The van der Waals surface area contributed by atoms with E-state index in [4.69, 9.17) is 11.6 Å². The summed E-state index contributed by atoms with van der Waals surface area (Å²) in [6.07, 6.45) is 3.96. The fraction of sp³-hybridized carbons (Fsp3) is 0.353. The Labute approximate surface area is 136 Å². The second-order valence-corrected chi connectivity index (χ2v) is 6.50. The van der Waals surface area contributed by atoms with E-state index in [0.29, 0.717) is 6.04 Å². The topological polar surface area (TPSA) is 24.9 Å². The number of nitrogens with one attached hydrogen (secondary N) is 1. The van der Waals surface area contributed by atoms with Gasteiger partial charge in [-0.2, -0.15) is 0 Å². The highest BCUT2D eigenvalue weighted by Crippen LogP contribution is 2.21. The zero-order valence-corrected chi connectivity index (χ0v) is 14.0. The molecule has 0 aliphatic heterocycles. The molecule has 0 fully saturated rings. The normalized spacial score (nSPS) is 12.3. The van der Waals surface area contributed by atoms with Crippen LogP contribution in [0.3, 0.4) is 0 Å². The molecule has 2 rings (SSSR count). The van der Waals surface area contributed by atoms with Crippen molar-refractivity contribution in [3.63, 3.8) is 0 Å². The Kier molecular flexibility index (Phi) is 6.55. The molecule has 1 N–H and O–H groups in total. The SMILES string of the molecule is CCc1ccc(CC(CSc2ccc(Cl)cc2)NC)nc1. The van der Waals surface area contributed by atoms with Crippen LogP contribution in [0.25, 0.3) is 0 Å². The van der Waals surface area contributed by atoms with Crippen LogP contribution in [0.2, 0.25) is 5.02 Å². The summed E-state index contributed by atoms with van der Waals surface area (Å²) in [5.41, 5.74) is 2.43. The Hall–Kier alpha value is -1.03. The van der Waals surface area contributed by atoms with Crippen LogP contribution in [-0.2, 0) is 12.8 Å².